The van der Waals surface area contributed by atoms with Crippen molar-refractivity contribution in [3.63, 3.8) is 0 Å². The number of aliphatic hydroxyl groups excluding tert-OH is 1. The molecule has 0 saturated heterocycles. The first-order valence-electron chi connectivity index (χ1n) is 49.5. The lowest BCUT2D eigenvalue weighted by molar-refractivity contribution is -0.161. The largest absolute Gasteiger partial charge is 0.472 e. The topological polar surface area (TPSA) is 237 Å². The monoisotopic (exact) mass is 1680 g/mol. The fraction of sp³-hybridized carbons (Fsp3) is 0.958. The number of hydrogen-bond donors (Lipinski definition) is 3. The molecule has 0 fully saturated rings. The summed E-state index contributed by atoms with van der Waals surface area (Å²) in [6.07, 6.45) is 80.6. The molecule has 684 valence electrons. The number of aliphatic hydroxyl groups is 1. The zero-order valence-corrected chi connectivity index (χ0v) is 78.1. The molecule has 0 aromatic rings. The fourth-order valence-corrected chi connectivity index (χ4v) is 16.6. The van der Waals surface area contributed by atoms with Crippen molar-refractivity contribution in [3.8, 4) is 0 Å². The second-order valence-corrected chi connectivity index (χ2v) is 38.1. The second-order valence-electron chi connectivity index (χ2n) is 35.2. The van der Waals surface area contributed by atoms with Gasteiger partial charge in [0.2, 0.25) is 0 Å². The van der Waals surface area contributed by atoms with Crippen molar-refractivity contribution >= 4 is 39.5 Å². The van der Waals surface area contributed by atoms with E-state index in [-0.39, 0.29) is 25.7 Å². The SMILES string of the molecule is CCCCCCCCCCCCCCCCCCCCCC(=O)O[C@H](COC(=O)CCCCCCCCCCC(C)CC)COP(=O)(O)OC[C@H](O)COP(=O)(O)OC[C@@H](COC(=O)CCCCCCCCCCCCCCCCCCCCC(C)CC)OC(=O)CCCCCCCCCCCCCCCCCCCCC(C)CC. The highest BCUT2D eigenvalue weighted by Gasteiger charge is 2.31. The van der Waals surface area contributed by atoms with Gasteiger partial charge in [0, 0.05) is 25.7 Å². The molecule has 0 aromatic carbocycles. The smallest absolute Gasteiger partial charge is 0.462 e. The molecule has 0 aliphatic heterocycles. The zero-order valence-electron chi connectivity index (χ0n) is 76.3. The van der Waals surface area contributed by atoms with Gasteiger partial charge >= 0.3 is 39.5 Å². The molecular weight excluding hydrogens is 1490 g/mol. The van der Waals surface area contributed by atoms with Gasteiger partial charge in [-0.2, -0.15) is 0 Å². The number of ether oxygens (including phenoxy) is 4. The Morgan fingerprint density at radius 2 is 0.417 bits per heavy atom. The molecule has 0 aromatic heterocycles. The molecule has 0 aliphatic rings. The number of phosphoric acid groups is 2. The van der Waals surface area contributed by atoms with E-state index in [0.717, 1.165) is 108 Å². The molecule has 0 heterocycles. The summed E-state index contributed by atoms with van der Waals surface area (Å²) in [5.74, 6) is 0.429. The number of esters is 4. The van der Waals surface area contributed by atoms with Crippen LogP contribution in [-0.4, -0.2) is 96.7 Å². The van der Waals surface area contributed by atoms with Gasteiger partial charge in [-0.3, -0.25) is 37.3 Å². The number of rotatable bonds is 94. The maximum absolute atomic E-state index is 13.2. The third-order valence-electron chi connectivity index (χ3n) is 23.7. The Kier molecular flexibility index (Phi) is 84.2. The molecule has 5 unspecified atom stereocenters. The minimum absolute atomic E-state index is 0.108. The molecule has 0 rings (SSSR count). The number of unbranched alkanes of at least 4 members (excludes halogenated alkanes) is 59. The predicted octanol–water partition coefficient (Wildman–Crippen LogP) is 30.0. The van der Waals surface area contributed by atoms with E-state index in [1.54, 1.807) is 0 Å². The summed E-state index contributed by atoms with van der Waals surface area (Å²) in [6, 6.07) is 0. The molecule has 8 atom stereocenters. The van der Waals surface area contributed by atoms with E-state index < -0.39 is 97.5 Å². The maximum Gasteiger partial charge on any atom is 0.472 e. The van der Waals surface area contributed by atoms with E-state index in [1.165, 1.54) is 327 Å². The molecule has 0 aliphatic carbocycles. The summed E-state index contributed by atoms with van der Waals surface area (Å²) < 4.78 is 69.2. The molecule has 3 N–H and O–H groups in total. The average Bonchev–Trinajstić information content (AvgIpc) is 0.900. The van der Waals surface area contributed by atoms with Crippen molar-refractivity contribution in [2.75, 3.05) is 39.6 Å². The lowest BCUT2D eigenvalue weighted by Crippen LogP contribution is -2.30. The quantitative estimate of drug-likeness (QED) is 0.0222. The van der Waals surface area contributed by atoms with Crippen molar-refractivity contribution in [2.45, 2.75) is 535 Å². The van der Waals surface area contributed by atoms with Crippen LogP contribution in [0.4, 0.5) is 0 Å². The first-order valence-corrected chi connectivity index (χ1v) is 52.5. The van der Waals surface area contributed by atoms with Crippen LogP contribution in [0.5, 0.6) is 0 Å². The standard InChI is InChI=1S/C96H188O17P2/c1-8-12-13-14-15-16-17-18-19-20-21-29-34-39-44-49-58-65-73-80-96(101)113-92(84-107-94(99)78-71-64-57-52-51-55-62-69-76-89(7)11-4)86-111-115(104,105)109-82-90(97)81-108-114(102,103)110-85-91(112-95(100)79-72-66-59-50-45-40-35-30-25-23-27-32-37-42-47-54-61-68-75-88(6)10-3)83-106-93(98)77-70-63-56-48-43-38-33-28-24-22-26-31-36-41-46-53-60-67-74-87(5)9-2/h87-92,97H,8-86H2,1-7H3,(H,102,103)(H,104,105)/t87?,88?,89?,90-,91-,92-/m1/s1. The molecule has 0 bridgehead atoms. The van der Waals surface area contributed by atoms with Gasteiger partial charge in [-0.1, -0.05) is 466 Å². The van der Waals surface area contributed by atoms with Crippen molar-refractivity contribution in [3.05, 3.63) is 0 Å². The van der Waals surface area contributed by atoms with E-state index in [2.05, 4.69) is 48.5 Å². The minimum atomic E-state index is -4.97. The molecule has 115 heavy (non-hydrogen) atoms. The average molecular weight is 1680 g/mol. The predicted molar refractivity (Wildman–Crippen MR) is 478 cm³/mol. The van der Waals surface area contributed by atoms with Crippen LogP contribution in [0.2, 0.25) is 0 Å². The number of hydrogen-bond acceptors (Lipinski definition) is 15. The lowest BCUT2D eigenvalue weighted by Gasteiger charge is -2.21. The Bertz CT molecular complexity index is 2210. The zero-order chi connectivity index (χ0) is 84.3. The highest BCUT2D eigenvalue weighted by molar-refractivity contribution is 7.47. The third-order valence-corrected chi connectivity index (χ3v) is 25.6. The van der Waals surface area contributed by atoms with Crippen LogP contribution in [0.15, 0.2) is 0 Å². The van der Waals surface area contributed by atoms with Crippen molar-refractivity contribution in [2.24, 2.45) is 17.8 Å². The first-order chi connectivity index (χ1) is 55.8. The van der Waals surface area contributed by atoms with E-state index in [4.69, 9.17) is 37.0 Å². The summed E-state index contributed by atoms with van der Waals surface area (Å²) in [5.41, 5.74) is 0. The van der Waals surface area contributed by atoms with Crippen molar-refractivity contribution in [1.29, 1.82) is 0 Å². The Labute approximate surface area is 708 Å². The Morgan fingerprint density at radius 1 is 0.243 bits per heavy atom. The van der Waals surface area contributed by atoms with Gasteiger partial charge in [-0.25, -0.2) is 9.13 Å². The number of carbonyl (C=O) groups is 4. The summed E-state index contributed by atoms with van der Waals surface area (Å²) in [7, 11) is -9.94. The van der Waals surface area contributed by atoms with Gasteiger partial charge < -0.3 is 33.8 Å². The Hall–Kier alpha value is -1.94. The van der Waals surface area contributed by atoms with Gasteiger partial charge in [-0.05, 0) is 43.4 Å². The number of phosphoric ester groups is 2. The summed E-state index contributed by atoms with van der Waals surface area (Å²) in [5, 5.41) is 10.7. The summed E-state index contributed by atoms with van der Waals surface area (Å²) >= 11 is 0. The summed E-state index contributed by atoms with van der Waals surface area (Å²) in [4.78, 5) is 73.6. The minimum Gasteiger partial charge on any atom is -0.462 e. The van der Waals surface area contributed by atoms with Crippen molar-refractivity contribution < 1.29 is 80.2 Å². The number of carbonyl (C=O) groups excluding carboxylic acids is 4. The lowest BCUT2D eigenvalue weighted by atomic mass is 9.99. The summed E-state index contributed by atoms with van der Waals surface area (Å²) in [6.45, 7) is 12.2. The molecule has 19 heteroatoms. The van der Waals surface area contributed by atoms with Crippen LogP contribution in [0, 0.1) is 17.8 Å². The maximum atomic E-state index is 13.2. The van der Waals surface area contributed by atoms with Crippen molar-refractivity contribution in [1.82, 2.24) is 0 Å². The highest BCUT2D eigenvalue weighted by Crippen LogP contribution is 2.45. The fourth-order valence-electron chi connectivity index (χ4n) is 15.0. The van der Waals surface area contributed by atoms with Gasteiger partial charge in [-0.15, -0.1) is 0 Å². The van der Waals surface area contributed by atoms with Gasteiger partial charge in [0.05, 0.1) is 26.4 Å². The Balaban J connectivity index is 5.25. The van der Waals surface area contributed by atoms with E-state index in [0.29, 0.717) is 25.7 Å². The third kappa shape index (κ3) is 85.4. The molecule has 0 saturated carbocycles. The van der Waals surface area contributed by atoms with Crippen LogP contribution in [0.25, 0.3) is 0 Å². The van der Waals surface area contributed by atoms with Gasteiger partial charge in [0.25, 0.3) is 0 Å². The molecule has 17 nitrogen and oxygen atoms in total. The second kappa shape index (κ2) is 85.6. The normalized spacial score (nSPS) is 14.4. The van der Waals surface area contributed by atoms with E-state index in [9.17, 15) is 43.2 Å². The first kappa shape index (κ1) is 113. The molecular formula is C96H188O17P2. The van der Waals surface area contributed by atoms with Crippen LogP contribution in [0.3, 0.4) is 0 Å². The van der Waals surface area contributed by atoms with Gasteiger partial charge in [0.15, 0.2) is 12.2 Å². The van der Waals surface area contributed by atoms with E-state index in [1.807, 2.05) is 0 Å². The molecule has 0 spiro atoms. The molecule has 0 radical (unpaired) electrons. The van der Waals surface area contributed by atoms with E-state index >= 15 is 0 Å². The van der Waals surface area contributed by atoms with Crippen LogP contribution in [-0.2, 0) is 65.4 Å². The molecule has 0 amide bonds. The Morgan fingerprint density at radius 3 is 0.617 bits per heavy atom. The van der Waals surface area contributed by atoms with Crippen LogP contribution in [0.1, 0.15) is 517 Å². The van der Waals surface area contributed by atoms with Gasteiger partial charge in [0.1, 0.15) is 19.3 Å². The van der Waals surface area contributed by atoms with Crippen LogP contribution < -0.4 is 0 Å². The van der Waals surface area contributed by atoms with Crippen LogP contribution >= 0.6 is 15.6 Å². The highest BCUT2D eigenvalue weighted by atomic mass is 31.2.